The molecular formula is C17H25N5O3. The number of nitrogens with zero attached hydrogens (tertiary/aromatic N) is 3. The molecule has 3 heterocycles. The van der Waals surface area contributed by atoms with E-state index in [1.54, 1.807) is 0 Å². The second-order valence-electron chi connectivity index (χ2n) is 6.58. The van der Waals surface area contributed by atoms with E-state index >= 15 is 0 Å². The highest BCUT2D eigenvalue weighted by molar-refractivity contribution is 5.83. The van der Waals surface area contributed by atoms with Crippen LogP contribution < -0.4 is 15.5 Å². The Kier molecular flexibility index (Phi) is 5.80. The first-order valence-electron chi connectivity index (χ1n) is 8.81. The molecule has 2 aliphatic heterocycles. The van der Waals surface area contributed by atoms with E-state index in [1.165, 1.54) is 6.92 Å². The van der Waals surface area contributed by atoms with Crippen LogP contribution in [0.15, 0.2) is 12.3 Å². The predicted molar refractivity (Wildman–Crippen MR) is 92.3 cm³/mol. The van der Waals surface area contributed by atoms with Gasteiger partial charge in [-0.1, -0.05) is 0 Å². The van der Waals surface area contributed by atoms with Crippen LogP contribution in [0.3, 0.4) is 0 Å². The minimum Gasteiger partial charge on any atom is -0.381 e. The van der Waals surface area contributed by atoms with E-state index in [1.807, 2.05) is 12.3 Å². The summed E-state index contributed by atoms with van der Waals surface area (Å²) in [7, 11) is 0. The Morgan fingerprint density at radius 1 is 1.32 bits per heavy atom. The summed E-state index contributed by atoms with van der Waals surface area (Å²) < 4.78 is 5.42. The first-order chi connectivity index (χ1) is 12.1. The number of rotatable bonds is 5. The molecule has 1 unspecified atom stereocenters. The Hall–Kier alpha value is -2.22. The fourth-order valence-electron chi connectivity index (χ4n) is 3.28. The largest absolute Gasteiger partial charge is 0.381 e. The number of carbonyl (C=O) groups excluding carboxylic acids is 2. The maximum absolute atomic E-state index is 11.8. The van der Waals surface area contributed by atoms with Crippen LogP contribution in [0.4, 0.5) is 5.95 Å². The first-order valence-corrected chi connectivity index (χ1v) is 8.81. The van der Waals surface area contributed by atoms with E-state index in [0.717, 1.165) is 50.7 Å². The number of hydrogen-bond acceptors (Lipinski definition) is 6. The summed E-state index contributed by atoms with van der Waals surface area (Å²) >= 11 is 0. The molecule has 0 spiro atoms. The Morgan fingerprint density at radius 3 is 2.88 bits per heavy atom. The lowest BCUT2D eigenvalue weighted by molar-refractivity contribution is -0.125. The van der Waals surface area contributed by atoms with Crippen LogP contribution in [0, 0.1) is 0 Å². The van der Waals surface area contributed by atoms with Gasteiger partial charge in [-0.25, -0.2) is 9.97 Å². The van der Waals surface area contributed by atoms with Crippen LogP contribution in [0.2, 0.25) is 0 Å². The Labute approximate surface area is 147 Å². The van der Waals surface area contributed by atoms with Crippen molar-refractivity contribution in [1.82, 2.24) is 20.6 Å². The Balaban J connectivity index is 1.54. The van der Waals surface area contributed by atoms with Gasteiger partial charge in [0.25, 0.3) is 0 Å². The molecule has 0 bridgehead atoms. The summed E-state index contributed by atoms with van der Waals surface area (Å²) in [6.07, 6.45) is 4.66. The topological polar surface area (TPSA) is 96.5 Å². The number of anilines is 1. The molecule has 0 aliphatic carbocycles. The minimum absolute atomic E-state index is 0.0154. The van der Waals surface area contributed by atoms with Gasteiger partial charge in [-0.15, -0.1) is 0 Å². The monoisotopic (exact) mass is 347 g/mol. The molecule has 1 aromatic heterocycles. The van der Waals surface area contributed by atoms with Crippen molar-refractivity contribution in [3.05, 3.63) is 18.0 Å². The van der Waals surface area contributed by atoms with Crippen molar-refractivity contribution in [1.29, 1.82) is 0 Å². The Bertz CT molecular complexity index is 618. The third-order valence-electron chi connectivity index (χ3n) is 4.64. The molecular weight excluding hydrogens is 322 g/mol. The van der Waals surface area contributed by atoms with E-state index in [2.05, 4.69) is 20.5 Å². The molecule has 8 nitrogen and oxygen atoms in total. The van der Waals surface area contributed by atoms with E-state index < -0.39 is 0 Å². The Morgan fingerprint density at radius 2 is 2.12 bits per heavy atom. The number of aromatic nitrogens is 2. The van der Waals surface area contributed by atoms with Gasteiger partial charge in [-0.2, -0.15) is 0 Å². The maximum atomic E-state index is 11.8. The van der Waals surface area contributed by atoms with Crippen molar-refractivity contribution in [3.8, 4) is 0 Å². The van der Waals surface area contributed by atoms with Gasteiger partial charge in [0.15, 0.2) is 0 Å². The molecule has 0 aromatic carbocycles. The summed E-state index contributed by atoms with van der Waals surface area (Å²) in [4.78, 5) is 33.9. The van der Waals surface area contributed by atoms with Gasteiger partial charge in [-0.05, 0) is 25.3 Å². The SMILES string of the molecule is CC(=O)NCC(=O)NC1CCN(c2nccc(C3CCOCC3)n2)C1. The summed E-state index contributed by atoms with van der Waals surface area (Å²) in [5, 5.41) is 5.45. The smallest absolute Gasteiger partial charge is 0.239 e. The van der Waals surface area contributed by atoms with Crippen molar-refractivity contribution in [2.75, 3.05) is 37.7 Å². The van der Waals surface area contributed by atoms with E-state index in [4.69, 9.17) is 9.72 Å². The fourth-order valence-corrected chi connectivity index (χ4v) is 3.28. The van der Waals surface area contributed by atoms with Crippen LogP contribution in [0.25, 0.3) is 0 Å². The lowest BCUT2D eigenvalue weighted by atomic mass is 9.96. The summed E-state index contributed by atoms with van der Waals surface area (Å²) in [6.45, 7) is 4.48. The van der Waals surface area contributed by atoms with Crippen LogP contribution in [0.1, 0.15) is 37.8 Å². The third kappa shape index (κ3) is 4.88. The number of hydrogen-bond donors (Lipinski definition) is 2. The minimum atomic E-state index is -0.207. The lowest BCUT2D eigenvalue weighted by Crippen LogP contribution is -2.42. The van der Waals surface area contributed by atoms with Crippen molar-refractivity contribution in [2.45, 2.75) is 38.1 Å². The molecule has 136 valence electrons. The number of carbonyl (C=O) groups is 2. The number of amides is 2. The molecule has 2 saturated heterocycles. The van der Waals surface area contributed by atoms with E-state index in [0.29, 0.717) is 12.5 Å². The van der Waals surface area contributed by atoms with Crippen LogP contribution in [-0.2, 0) is 14.3 Å². The van der Waals surface area contributed by atoms with Gasteiger partial charge in [0.1, 0.15) is 0 Å². The van der Waals surface area contributed by atoms with Crippen molar-refractivity contribution in [2.24, 2.45) is 0 Å². The van der Waals surface area contributed by atoms with Crippen LogP contribution >= 0.6 is 0 Å². The van der Waals surface area contributed by atoms with Gasteiger partial charge in [0, 0.05) is 57.1 Å². The number of nitrogens with one attached hydrogen (secondary N) is 2. The molecule has 2 N–H and O–H groups in total. The van der Waals surface area contributed by atoms with Gasteiger partial charge >= 0.3 is 0 Å². The van der Waals surface area contributed by atoms with Gasteiger partial charge in [0.2, 0.25) is 17.8 Å². The average Bonchev–Trinajstić information content (AvgIpc) is 3.09. The molecule has 0 radical (unpaired) electrons. The van der Waals surface area contributed by atoms with Crippen molar-refractivity contribution < 1.29 is 14.3 Å². The number of ether oxygens (including phenoxy) is 1. The molecule has 2 aliphatic rings. The molecule has 1 atom stereocenters. The maximum Gasteiger partial charge on any atom is 0.239 e. The first kappa shape index (κ1) is 17.6. The highest BCUT2D eigenvalue weighted by Crippen LogP contribution is 2.26. The molecule has 2 amide bonds. The second kappa shape index (κ2) is 8.24. The highest BCUT2D eigenvalue weighted by atomic mass is 16.5. The second-order valence-corrected chi connectivity index (χ2v) is 6.58. The summed E-state index contributed by atoms with van der Waals surface area (Å²) in [6, 6.07) is 2.04. The third-order valence-corrected chi connectivity index (χ3v) is 4.64. The molecule has 25 heavy (non-hydrogen) atoms. The summed E-state index contributed by atoms with van der Waals surface area (Å²) in [5.74, 6) is 0.786. The zero-order chi connectivity index (χ0) is 17.6. The zero-order valence-electron chi connectivity index (χ0n) is 14.5. The van der Waals surface area contributed by atoms with Crippen molar-refractivity contribution >= 4 is 17.8 Å². The summed E-state index contributed by atoms with van der Waals surface area (Å²) in [5.41, 5.74) is 1.08. The average molecular weight is 347 g/mol. The van der Waals surface area contributed by atoms with Crippen LogP contribution in [-0.4, -0.2) is 60.7 Å². The molecule has 3 rings (SSSR count). The standard InChI is InChI=1S/C17H25N5O3/c1-12(23)19-10-16(24)20-14-3-7-22(11-14)17-18-6-2-15(21-17)13-4-8-25-9-5-13/h2,6,13-14H,3-5,7-11H2,1H3,(H,19,23)(H,20,24). The molecule has 8 heteroatoms. The molecule has 0 saturated carbocycles. The van der Waals surface area contributed by atoms with E-state index in [9.17, 15) is 9.59 Å². The molecule has 2 fully saturated rings. The van der Waals surface area contributed by atoms with Crippen molar-refractivity contribution in [3.63, 3.8) is 0 Å². The zero-order valence-corrected chi connectivity index (χ0v) is 14.5. The highest BCUT2D eigenvalue weighted by Gasteiger charge is 2.26. The van der Waals surface area contributed by atoms with E-state index in [-0.39, 0.29) is 24.4 Å². The quantitative estimate of drug-likeness (QED) is 0.790. The van der Waals surface area contributed by atoms with Gasteiger partial charge < -0.3 is 20.3 Å². The predicted octanol–water partition coefficient (Wildman–Crippen LogP) is 0.202. The van der Waals surface area contributed by atoms with Gasteiger partial charge in [0.05, 0.1) is 6.54 Å². The lowest BCUT2D eigenvalue weighted by Gasteiger charge is -2.23. The van der Waals surface area contributed by atoms with Crippen LogP contribution in [0.5, 0.6) is 0 Å². The molecule has 1 aromatic rings. The van der Waals surface area contributed by atoms with Gasteiger partial charge in [-0.3, -0.25) is 9.59 Å². The normalized spacial score (nSPS) is 21.2. The fraction of sp³-hybridized carbons (Fsp3) is 0.647.